The summed E-state index contributed by atoms with van der Waals surface area (Å²) in [5.74, 6) is 1.24. The fourth-order valence-electron chi connectivity index (χ4n) is 8.78. The van der Waals surface area contributed by atoms with Crippen molar-refractivity contribution in [3.8, 4) is 16.9 Å². The summed E-state index contributed by atoms with van der Waals surface area (Å²) in [6.45, 7) is 8.87. The third kappa shape index (κ3) is 6.14. The molecule has 0 bridgehead atoms. The number of anilines is 2. The van der Waals surface area contributed by atoms with Crippen LogP contribution in [-0.2, 0) is 14.6 Å². The summed E-state index contributed by atoms with van der Waals surface area (Å²) in [5.41, 5.74) is 4.30. The van der Waals surface area contributed by atoms with E-state index < -0.39 is 22.6 Å². The van der Waals surface area contributed by atoms with Crippen molar-refractivity contribution in [3.63, 3.8) is 0 Å². The summed E-state index contributed by atoms with van der Waals surface area (Å²) in [4.78, 5) is 30.7. The van der Waals surface area contributed by atoms with E-state index in [0.717, 1.165) is 53.3 Å². The first kappa shape index (κ1) is 35.3. The third-order valence-corrected chi connectivity index (χ3v) is 13.7. The number of rotatable bonds is 9. The molecule has 1 spiro atoms. The van der Waals surface area contributed by atoms with Crippen LogP contribution in [0.5, 0.6) is 5.75 Å². The molecule has 0 radical (unpaired) electrons. The predicted molar refractivity (Wildman–Crippen MR) is 200 cm³/mol. The highest BCUT2D eigenvalue weighted by Gasteiger charge is 2.47. The largest absolute Gasteiger partial charge is 0.481 e. The van der Waals surface area contributed by atoms with Crippen LogP contribution in [0.15, 0.2) is 37.1 Å². The summed E-state index contributed by atoms with van der Waals surface area (Å²) in [5, 5.41) is 8.36. The number of hydrogen-bond acceptors (Lipinski definition) is 10. The van der Waals surface area contributed by atoms with Gasteiger partial charge in [0, 0.05) is 86.4 Å². The minimum Gasteiger partial charge on any atom is -0.481 e. The van der Waals surface area contributed by atoms with Gasteiger partial charge in [-0.15, -0.1) is 0 Å². The molecule has 0 atom stereocenters. The summed E-state index contributed by atoms with van der Waals surface area (Å²) in [7, 11) is -3.12. The minimum atomic E-state index is -4.59. The van der Waals surface area contributed by atoms with E-state index in [4.69, 9.17) is 14.7 Å². The summed E-state index contributed by atoms with van der Waals surface area (Å²) in [6, 6.07) is 6.07. The van der Waals surface area contributed by atoms with Gasteiger partial charge in [0.05, 0.1) is 17.0 Å². The number of aromatic nitrogens is 4. The van der Waals surface area contributed by atoms with Gasteiger partial charge < -0.3 is 19.4 Å². The fourth-order valence-corrected chi connectivity index (χ4v) is 9.71. The molecule has 6 heterocycles. The average molecular weight is 765 g/mol. The fraction of sp³-hybridized carbons (Fsp3) is 0.526. The number of fused-ring (bicyclic) bond motifs is 2. The summed E-state index contributed by atoms with van der Waals surface area (Å²) >= 11 is 0. The Morgan fingerprint density at radius 3 is 2.43 bits per heavy atom. The van der Waals surface area contributed by atoms with Crippen molar-refractivity contribution in [2.45, 2.75) is 56.0 Å². The number of benzene rings is 2. The van der Waals surface area contributed by atoms with E-state index in [1.165, 1.54) is 12.3 Å². The lowest BCUT2D eigenvalue weighted by molar-refractivity contribution is -0.153. The van der Waals surface area contributed by atoms with Gasteiger partial charge in [0.25, 0.3) is 0 Å². The second-order valence-electron chi connectivity index (χ2n) is 16.0. The van der Waals surface area contributed by atoms with Crippen molar-refractivity contribution in [2.75, 3.05) is 75.0 Å². The van der Waals surface area contributed by atoms with E-state index in [-0.39, 0.29) is 34.3 Å². The molecule has 286 valence electrons. The van der Waals surface area contributed by atoms with Gasteiger partial charge in [-0.2, -0.15) is 23.3 Å². The molecule has 12 nitrogen and oxygen atoms in total. The highest BCUT2D eigenvalue weighted by atomic mass is 32.2. The van der Waals surface area contributed by atoms with Crippen molar-refractivity contribution in [3.05, 3.63) is 48.2 Å². The maximum Gasteiger partial charge on any atom is 0.422 e. The summed E-state index contributed by atoms with van der Waals surface area (Å²) < 4.78 is 72.3. The zero-order chi connectivity index (χ0) is 37.7. The average Bonchev–Trinajstić information content (AvgIpc) is 3.81. The topological polar surface area (TPSA) is 128 Å². The number of hydrogen-bond donors (Lipinski definition) is 1. The zero-order valence-electron chi connectivity index (χ0n) is 30.3. The number of halogens is 3. The lowest BCUT2D eigenvalue weighted by Crippen LogP contribution is -2.68. The smallest absolute Gasteiger partial charge is 0.422 e. The standard InChI is InChI=1S/C38H43F3N8O4S/c1-4-30(50)49-19-37(20-49)9-11-46(12-10-37)35-27-13-26(23-6-7-23)32(31-22(2)5-8-29-28(31)14-42-45-29)34(53-21-38(39,40)41)33(27)43-36(44-35)48-15-24(16-48)47-17-25(18-47)54(3,51)52/h4-5,8,13-14,23-25H,1,6-7,9-12,15-21H2,2-3H3,(H,42,45). The molecular weight excluding hydrogens is 722 g/mol. The number of carbonyl (C=O) groups is 1. The van der Waals surface area contributed by atoms with E-state index >= 15 is 0 Å². The lowest BCUT2D eigenvalue weighted by Gasteiger charge is -2.54. The van der Waals surface area contributed by atoms with Crippen LogP contribution in [0.3, 0.4) is 0 Å². The third-order valence-electron chi connectivity index (χ3n) is 12.2. The zero-order valence-corrected chi connectivity index (χ0v) is 31.1. The van der Waals surface area contributed by atoms with Gasteiger partial charge in [-0.25, -0.2) is 13.4 Å². The van der Waals surface area contributed by atoms with Crippen molar-refractivity contribution in [1.82, 2.24) is 30.0 Å². The molecule has 4 aliphatic heterocycles. The first-order chi connectivity index (χ1) is 25.7. The molecule has 1 amide bonds. The SMILES string of the molecule is C=CC(=O)N1CC2(CCN(c3nc(N4CC(N5CC(S(C)(=O)=O)C5)C4)nc4c(OCC(F)(F)F)c(-c5c(C)ccc6[nH]ncc56)c(C5CC5)cc34)CC2)C1. The number of carbonyl (C=O) groups excluding carboxylic acids is 1. The van der Waals surface area contributed by atoms with Crippen molar-refractivity contribution >= 4 is 49.3 Å². The van der Waals surface area contributed by atoms with Crippen LogP contribution in [0.25, 0.3) is 32.9 Å². The normalized spacial score (nSPS) is 21.0. The molecule has 5 aliphatic rings. The molecule has 1 N–H and O–H groups in total. The van der Waals surface area contributed by atoms with Crippen molar-refractivity contribution < 1.29 is 31.1 Å². The molecule has 1 aliphatic carbocycles. The van der Waals surface area contributed by atoms with E-state index in [1.54, 1.807) is 6.20 Å². The van der Waals surface area contributed by atoms with Crippen LogP contribution in [-0.4, -0.2) is 127 Å². The molecule has 2 aromatic carbocycles. The van der Waals surface area contributed by atoms with Gasteiger partial charge in [-0.1, -0.05) is 12.6 Å². The number of aromatic amines is 1. The Labute approximate surface area is 311 Å². The predicted octanol–water partition coefficient (Wildman–Crippen LogP) is 4.83. The second-order valence-corrected chi connectivity index (χ2v) is 18.4. The highest BCUT2D eigenvalue weighted by Crippen LogP contribution is 2.53. The van der Waals surface area contributed by atoms with Crippen molar-refractivity contribution in [1.29, 1.82) is 0 Å². The second kappa shape index (κ2) is 12.5. The van der Waals surface area contributed by atoms with Gasteiger partial charge in [-0.3, -0.25) is 14.8 Å². The Hall–Kier alpha value is -4.44. The maximum absolute atomic E-state index is 14.1. The Balaban J connectivity index is 1.16. The first-order valence-corrected chi connectivity index (χ1v) is 20.5. The molecule has 0 unspecified atom stereocenters. The van der Waals surface area contributed by atoms with Crippen LogP contribution < -0.4 is 14.5 Å². The van der Waals surface area contributed by atoms with Crippen LogP contribution in [0, 0.1) is 12.3 Å². The van der Waals surface area contributed by atoms with Gasteiger partial charge >= 0.3 is 6.18 Å². The molecule has 9 rings (SSSR count). The number of piperidine rings is 1. The maximum atomic E-state index is 14.1. The first-order valence-electron chi connectivity index (χ1n) is 18.6. The number of likely N-dealkylation sites (tertiary alicyclic amines) is 2. The quantitative estimate of drug-likeness (QED) is 0.237. The van der Waals surface area contributed by atoms with Crippen LogP contribution in [0.1, 0.15) is 42.7 Å². The number of aryl methyl sites for hydroxylation is 1. The van der Waals surface area contributed by atoms with Gasteiger partial charge in [0.15, 0.2) is 22.2 Å². The Bertz CT molecular complexity index is 2280. The molecule has 5 fully saturated rings. The monoisotopic (exact) mass is 764 g/mol. The lowest BCUT2D eigenvalue weighted by atomic mass is 9.72. The van der Waals surface area contributed by atoms with E-state index in [9.17, 15) is 26.4 Å². The molecule has 1 saturated carbocycles. The number of nitrogens with zero attached hydrogens (tertiary/aromatic N) is 7. The van der Waals surface area contributed by atoms with E-state index in [2.05, 4.69) is 32.6 Å². The van der Waals surface area contributed by atoms with E-state index in [1.807, 2.05) is 28.9 Å². The number of sulfone groups is 1. The molecule has 4 aromatic rings. The molecular formula is C38H43F3N8O4S. The minimum absolute atomic E-state index is 0.0146. The van der Waals surface area contributed by atoms with Gasteiger partial charge in [0.2, 0.25) is 11.9 Å². The number of nitrogens with one attached hydrogen (secondary N) is 1. The van der Waals surface area contributed by atoms with Crippen LogP contribution in [0.2, 0.25) is 0 Å². The Morgan fingerprint density at radius 2 is 1.78 bits per heavy atom. The number of amides is 1. The van der Waals surface area contributed by atoms with Crippen molar-refractivity contribution in [2.24, 2.45) is 5.41 Å². The molecule has 2 aromatic heterocycles. The number of ether oxygens (including phenoxy) is 1. The Kier molecular flexibility index (Phi) is 8.20. The van der Waals surface area contributed by atoms with E-state index in [0.29, 0.717) is 80.6 Å². The van der Waals surface area contributed by atoms with Crippen LogP contribution in [0.4, 0.5) is 24.9 Å². The van der Waals surface area contributed by atoms with Crippen LogP contribution >= 0.6 is 0 Å². The molecule has 16 heteroatoms. The number of H-pyrrole nitrogens is 1. The van der Waals surface area contributed by atoms with Gasteiger partial charge in [0.1, 0.15) is 11.3 Å². The molecule has 4 saturated heterocycles. The summed E-state index contributed by atoms with van der Waals surface area (Å²) in [6.07, 6.45) is 3.22. The molecule has 54 heavy (non-hydrogen) atoms. The number of alkyl halides is 3. The highest BCUT2D eigenvalue weighted by molar-refractivity contribution is 7.91. The van der Waals surface area contributed by atoms with Gasteiger partial charge in [-0.05, 0) is 73.4 Å². The Morgan fingerprint density at radius 1 is 1.06 bits per heavy atom.